The average Bonchev–Trinajstić information content (AvgIpc) is 3.02. The van der Waals surface area contributed by atoms with Gasteiger partial charge in [0.05, 0.1) is 11.7 Å². The Labute approximate surface area is 154 Å². The van der Waals surface area contributed by atoms with Crippen LogP contribution in [0.4, 0.5) is 5.69 Å². The molecule has 25 heavy (non-hydrogen) atoms. The lowest BCUT2D eigenvalue weighted by Gasteiger charge is -2.56. The molecule has 0 aromatic heterocycles. The first-order valence-electron chi connectivity index (χ1n) is 9.07. The second-order valence-electron chi connectivity index (χ2n) is 7.49. The van der Waals surface area contributed by atoms with Crippen LogP contribution in [0.3, 0.4) is 0 Å². The third kappa shape index (κ3) is 1.94. The summed E-state index contributed by atoms with van der Waals surface area (Å²) in [6, 6.07) is 15.1. The minimum atomic E-state index is -0.363. The number of aryl methyl sites for hydroxylation is 2. The minimum Gasteiger partial charge on any atom is -0.467 e. The molecule has 3 aliphatic rings. The van der Waals surface area contributed by atoms with Gasteiger partial charge >= 0.3 is 0 Å². The number of thiocarbonyl (C=S) groups is 1. The fourth-order valence-corrected chi connectivity index (χ4v) is 5.47. The molecule has 2 aromatic carbocycles. The summed E-state index contributed by atoms with van der Waals surface area (Å²) in [7, 11) is 0. The molecule has 2 bridgehead atoms. The van der Waals surface area contributed by atoms with Gasteiger partial charge in [-0.3, -0.25) is 4.90 Å². The maximum atomic E-state index is 6.76. The van der Waals surface area contributed by atoms with E-state index in [0.717, 1.165) is 23.7 Å². The van der Waals surface area contributed by atoms with Gasteiger partial charge in [0.2, 0.25) is 0 Å². The van der Waals surface area contributed by atoms with Crippen LogP contribution in [-0.2, 0) is 0 Å². The van der Waals surface area contributed by atoms with E-state index in [1.54, 1.807) is 0 Å². The Balaban J connectivity index is 1.74. The Hall–Kier alpha value is -2.07. The highest BCUT2D eigenvalue weighted by Gasteiger charge is 2.60. The third-order valence-corrected chi connectivity index (χ3v) is 6.40. The Morgan fingerprint density at radius 1 is 1.12 bits per heavy atom. The lowest BCUT2D eigenvalue weighted by atomic mass is 9.80. The largest absolute Gasteiger partial charge is 0.467 e. The number of nitrogens with one attached hydrogen (secondary N) is 1. The highest BCUT2D eigenvalue weighted by atomic mass is 32.1. The molecule has 1 saturated carbocycles. The number of nitrogens with zero attached hydrogens (tertiary/aromatic N) is 1. The Morgan fingerprint density at radius 2 is 1.88 bits per heavy atom. The smallest absolute Gasteiger partial charge is 0.194 e. The van der Waals surface area contributed by atoms with E-state index in [-0.39, 0.29) is 11.8 Å². The predicted molar refractivity (Wildman–Crippen MR) is 104 cm³/mol. The number of hydrogen-bond donors (Lipinski definition) is 1. The lowest BCUT2D eigenvalue weighted by Crippen LogP contribution is -2.69. The maximum Gasteiger partial charge on any atom is 0.194 e. The standard InChI is InChI=1S/C21H22N2OS/c1-13-7-5-8-14(2)19(13)23-20(25)22-18-15-9-3-4-11-17(15)24-21(23)12-6-10-16(18)21/h3-5,7-9,11,16,18H,6,10,12H2,1-2H3,(H,22,25). The predicted octanol–water partition coefficient (Wildman–Crippen LogP) is 4.63. The van der Waals surface area contributed by atoms with Gasteiger partial charge in [-0.05, 0) is 56.1 Å². The quantitative estimate of drug-likeness (QED) is 0.758. The van der Waals surface area contributed by atoms with Crippen molar-refractivity contribution in [3.8, 4) is 5.75 Å². The van der Waals surface area contributed by atoms with Crippen LogP contribution >= 0.6 is 12.2 Å². The molecule has 1 N–H and O–H groups in total. The van der Waals surface area contributed by atoms with E-state index in [1.165, 1.54) is 28.8 Å². The summed E-state index contributed by atoms with van der Waals surface area (Å²) in [5.41, 5.74) is 4.56. The molecule has 0 amide bonds. The zero-order valence-corrected chi connectivity index (χ0v) is 15.4. The first kappa shape index (κ1) is 15.2. The number of anilines is 1. The number of fused-ring (bicyclic) bond motifs is 2. The fourth-order valence-electron chi connectivity index (χ4n) is 5.10. The average molecular weight is 350 g/mol. The molecule has 128 valence electrons. The monoisotopic (exact) mass is 350 g/mol. The van der Waals surface area contributed by atoms with Crippen LogP contribution < -0.4 is 15.0 Å². The van der Waals surface area contributed by atoms with Crippen molar-refractivity contribution in [2.75, 3.05) is 4.90 Å². The van der Waals surface area contributed by atoms with Crippen LogP contribution in [-0.4, -0.2) is 10.8 Å². The van der Waals surface area contributed by atoms with E-state index in [4.69, 9.17) is 17.0 Å². The maximum absolute atomic E-state index is 6.76. The van der Waals surface area contributed by atoms with Crippen molar-refractivity contribution in [3.63, 3.8) is 0 Å². The Kier molecular flexibility index (Phi) is 3.17. The molecular formula is C21H22N2OS. The highest BCUT2D eigenvalue weighted by molar-refractivity contribution is 7.80. The van der Waals surface area contributed by atoms with Gasteiger partial charge in [0.15, 0.2) is 10.8 Å². The first-order valence-corrected chi connectivity index (χ1v) is 9.47. The molecule has 4 heteroatoms. The molecule has 0 spiro atoms. The molecule has 2 aromatic rings. The first-order chi connectivity index (χ1) is 12.1. The zero-order valence-electron chi connectivity index (χ0n) is 14.6. The van der Waals surface area contributed by atoms with Gasteiger partial charge in [0, 0.05) is 17.9 Å². The molecule has 2 heterocycles. The van der Waals surface area contributed by atoms with Gasteiger partial charge in [-0.1, -0.05) is 36.4 Å². The highest BCUT2D eigenvalue weighted by Crippen LogP contribution is 2.56. The molecule has 0 radical (unpaired) electrons. The number of ether oxygens (including phenoxy) is 1. The number of hydrogen-bond acceptors (Lipinski definition) is 2. The second kappa shape index (κ2) is 5.21. The number of rotatable bonds is 1. The second-order valence-corrected chi connectivity index (χ2v) is 7.87. The molecule has 1 aliphatic carbocycles. The van der Waals surface area contributed by atoms with Gasteiger partial charge in [-0.2, -0.15) is 0 Å². The summed E-state index contributed by atoms with van der Waals surface area (Å²) in [5.74, 6) is 1.41. The van der Waals surface area contributed by atoms with Crippen LogP contribution in [0.15, 0.2) is 42.5 Å². The molecular weight excluding hydrogens is 328 g/mol. The van der Waals surface area contributed by atoms with Gasteiger partial charge in [-0.25, -0.2) is 0 Å². The van der Waals surface area contributed by atoms with Crippen LogP contribution in [0, 0.1) is 19.8 Å². The van der Waals surface area contributed by atoms with E-state index in [2.05, 4.69) is 66.5 Å². The van der Waals surface area contributed by atoms with Crippen LogP contribution in [0.1, 0.15) is 42.0 Å². The van der Waals surface area contributed by atoms with E-state index < -0.39 is 0 Å². The molecule has 3 nitrogen and oxygen atoms in total. The van der Waals surface area contributed by atoms with Gasteiger partial charge in [0.25, 0.3) is 0 Å². The van der Waals surface area contributed by atoms with Gasteiger partial charge in [-0.15, -0.1) is 0 Å². The summed E-state index contributed by atoms with van der Waals surface area (Å²) in [6.07, 6.45) is 3.34. The molecule has 5 rings (SSSR count). The normalized spacial score (nSPS) is 29.5. The SMILES string of the molecule is Cc1cccc(C)c1N1C(=S)NC2c3ccccc3OC13CCCC23. The van der Waals surface area contributed by atoms with Crippen LogP contribution in [0.2, 0.25) is 0 Å². The summed E-state index contributed by atoms with van der Waals surface area (Å²) in [4.78, 5) is 2.29. The number of para-hydroxylation sites is 2. The summed E-state index contributed by atoms with van der Waals surface area (Å²) >= 11 is 5.87. The Morgan fingerprint density at radius 3 is 2.68 bits per heavy atom. The van der Waals surface area contributed by atoms with Crippen molar-refractivity contribution < 1.29 is 4.74 Å². The summed E-state index contributed by atoms with van der Waals surface area (Å²) in [5, 5.41) is 4.44. The molecule has 3 atom stereocenters. The summed E-state index contributed by atoms with van der Waals surface area (Å²) in [6.45, 7) is 4.32. The zero-order chi connectivity index (χ0) is 17.2. The van der Waals surface area contributed by atoms with Crippen molar-refractivity contribution in [3.05, 3.63) is 59.2 Å². The van der Waals surface area contributed by atoms with Gasteiger partial charge < -0.3 is 10.1 Å². The van der Waals surface area contributed by atoms with Crippen molar-refractivity contribution in [1.29, 1.82) is 0 Å². The van der Waals surface area contributed by atoms with E-state index >= 15 is 0 Å². The molecule has 2 fully saturated rings. The third-order valence-electron chi connectivity index (χ3n) is 6.10. The van der Waals surface area contributed by atoms with E-state index in [1.807, 2.05) is 0 Å². The molecule has 3 unspecified atom stereocenters. The Bertz CT molecular complexity index is 860. The number of benzene rings is 2. The van der Waals surface area contributed by atoms with Crippen LogP contribution in [0.5, 0.6) is 5.75 Å². The minimum absolute atomic E-state index is 0.250. The molecule has 1 saturated heterocycles. The van der Waals surface area contributed by atoms with Crippen molar-refractivity contribution in [2.24, 2.45) is 5.92 Å². The lowest BCUT2D eigenvalue weighted by molar-refractivity contribution is -0.00520. The van der Waals surface area contributed by atoms with Crippen LogP contribution in [0.25, 0.3) is 0 Å². The van der Waals surface area contributed by atoms with E-state index in [0.29, 0.717) is 5.92 Å². The topological polar surface area (TPSA) is 24.5 Å². The van der Waals surface area contributed by atoms with Crippen molar-refractivity contribution >= 4 is 23.0 Å². The van der Waals surface area contributed by atoms with Crippen molar-refractivity contribution in [1.82, 2.24) is 5.32 Å². The van der Waals surface area contributed by atoms with Gasteiger partial charge in [0.1, 0.15) is 5.75 Å². The molecule has 2 aliphatic heterocycles. The summed E-state index contributed by atoms with van der Waals surface area (Å²) < 4.78 is 6.76. The van der Waals surface area contributed by atoms with Crippen molar-refractivity contribution in [2.45, 2.75) is 44.9 Å². The fraction of sp³-hybridized carbons (Fsp3) is 0.381. The van der Waals surface area contributed by atoms with E-state index in [9.17, 15) is 0 Å².